The Kier molecular flexibility index (Phi) is 22.2. The molecular formula is C5H12Cl2O. The lowest BCUT2D eigenvalue weighted by Crippen LogP contribution is -1.73. The van der Waals surface area contributed by atoms with Crippen LogP contribution >= 0.6 is 23.2 Å². The molecule has 0 radical (unpaired) electrons. The predicted octanol–water partition coefficient (Wildman–Crippen LogP) is 2.12. The fourth-order valence-electron chi connectivity index (χ4n) is 0. The van der Waals surface area contributed by atoms with E-state index in [-0.39, 0.29) is 0 Å². The van der Waals surface area contributed by atoms with Crippen LogP contribution in [0.4, 0.5) is 0 Å². The third-order valence-electron chi connectivity index (χ3n) is 0.360. The number of hydrogen-bond donors (Lipinski definition) is 0. The number of hydrogen-bond acceptors (Lipinski definition) is 1. The quantitative estimate of drug-likeness (QED) is 0.560. The van der Waals surface area contributed by atoms with Crippen LogP contribution in [0.3, 0.4) is 0 Å². The highest BCUT2D eigenvalue weighted by Crippen LogP contribution is 1.75. The summed E-state index contributed by atoms with van der Waals surface area (Å²) in [7, 11) is 1.68. The number of ether oxygens (including phenoxy) is 1. The molecule has 0 aliphatic carbocycles. The topological polar surface area (TPSA) is 9.23 Å². The lowest BCUT2D eigenvalue weighted by atomic mass is 10.9. The largest absolute Gasteiger partial charge is 0.385 e. The van der Waals surface area contributed by atoms with E-state index in [1.54, 1.807) is 7.11 Å². The van der Waals surface area contributed by atoms with E-state index in [2.05, 4.69) is 4.74 Å². The Balaban J connectivity index is 0. The van der Waals surface area contributed by atoms with Crippen LogP contribution < -0.4 is 0 Å². The van der Waals surface area contributed by atoms with Gasteiger partial charge in [0, 0.05) is 25.5 Å². The Bertz CT molecular complexity index is 18.4. The number of alkyl halides is 2. The first-order valence-corrected chi connectivity index (χ1v) is 3.51. The molecule has 0 aliphatic heterocycles. The normalized spacial score (nSPS) is 7.50. The standard InChI is InChI=1S/C3H8O.C2H4Cl2/c1-3-4-2;3-1-2-4/h3H2,1-2H3;1-2H2. The molecule has 0 fully saturated rings. The van der Waals surface area contributed by atoms with Gasteiger partial charge in [0.1, 0.15) is 0 Å². The minimum atomic E-state index is 0.557. The van der Waals surface area contributed by atoms with Crippen molar-refractivity contribution in [1.82, 2.24) is 0 Å². The van der Waals surface area contributed by atoms with Gasteiger partial charge in [-0.05, 0) is 6.92 Å². The summed E-state index contributed by atoms with van der Waals surface area (Å²) in [5.41, 5.74) is 0. The van der Waals surface area contributed by atoms with E-state index >= 15 is 0 Å². The Morgan fingerprint density at radius 3 is 1.50 bits per heavy atom. The van der Waals surface area contributed by atoms with Gasteiger partial charge in [-0.3, -0.25) is 0 Å². The van der Waals surface area contributed by atoms with E-state index in [1.807, 2.05) is 6.92 Å². The maximum Gasteiger partial charge on any atom is 0.0433 e. The molecule has 0 N–H and O–H groups in total. The molecule has 0 amide bonds. The molecule has 0 rings (SSSR count). The van der Waals surface area contributed by atoms with Gasteiger partial charge in [0.25, 0.3) is 0 Å². The van der Waals surface area contributed by atoms with E-state index in [0.29, 0.717) is 11.8 Å². The van der Waals surface area contributed by atoms with E-state index in [0.717, 1.165) is 6.61 Å². The summed E-state index contributed by atoms with van der Waals surface area (Å²) in [6, 6.07) is 0. The lowest BCUT2D eigenvalue weighted by molar-refractivity contribution is 0.215. The van der Waals surface area contributed by atoms with Crippen LogP contribution in [0, 0.1) is 0 Å². The first kappa shape index (κ1) is 11.4. The average molecular weight is 159 g/mol. The van der Waals surface area contributed by atoms with Gasteiger partial charge in [0.2, 0.25) is 0 Å². The summed E-state index contributed by atoms with van der Waals surface area (Å²) in [6.07, 6.45) is 0. The SMILES string of the molecule is CCOC.ClCCCl. The maximum absolute atomic E-state index is 5.05. The Hall–Kier alpha value is 0.540. The molecule has 52 valence electrons. The molecule has 0 heterocycles. The second-order valence-electron chi connectivity index (χ2n) is 0.955. The zero-order chi connectivity index (χ0) is 6.83. The molecule has 0 saturated heterocycles. The Labute approximate surface area is 60.9 Å². The van der Waals surface area contributed by atoms with Crippen molar-refractivity contribution in [2.24, 2.45) is 0 Å². The second-order valence-corrected chi connectivity index (χ2v) is 1.71. The molecule has 3 heteroatoms. The second kappa shape index (κ2) is 15.6. The van der Waals surface area contributed by atoms with Gasteiger partial charge in [-0.15, -0.1) is 23.2 Å². The fourth-order valence-corrected chi connectivity index (χ4v) is 0. The molecule has 0 atom stereocenters. The number of halogens is 2. The van der Waals surface area contributed by atoms with Gasteiger partial charge < -0.3 is 4.74 Å². The summed E-state index contributed by atoms with van der Waals surface area (Å²) in [4.78, 5) is 0. The van der Waals surface area contributed by atoms with E-state index in [9.17, 15) is 0 Å². The molecule has 0 bridgehead atoms. The average Bonchev–Trinajstić information content (AvgIpc) is 1.88. The van der Waals surface area contributed by atoms with Crippen molar-refractivity contribution in [3.63, 3.8) is 0 Å². The smallest absolute Gasteiger partial charge is 0.0433 e. The van der Waals surface area contributed by atoms with Gasteiger partial charge in [-0.25, -0.2) is 0 Å². The molecular weight excluding hydrogens is 147 g/mol. The van der Waals surface area contributed by atoms with Gasteiger partial charge in [0.15, 0.2) is 0 Å². The number of methoxy groups -OCH3 is 1. The predicted molar refractivity (Wildman–Crippen MR) is 39.0 cm³/mol. The van der Waals surface area contributed by atoms with Crippen LogP contribution in [-0.4, -0.2) is 25.5 Å². The van der Waals surface area contributed by atoms with Crippen LogP contribution in [-0.2, 0) is 4.74 Å². The van der Waals surface area contributed by atoms with Crippen molar-refractivity contribution in [2.45, 2.75) is 6.92 Å². The molecule has 0 unspecified atom stereocenters. The zero-order valence-corrected chi connectivity index (χ0v) is 6.80. The van der Waals surface area contributed by atoms with Crippen molar-refractivity contribution in [2.75, 3.05) is 25.5 Å². The van der Waals surface area contributed by atoms with Crippen molar-refractivity contribution in [1.29, 1.82) is 0 Å². The Morgan fingerprint density at radius 2 is 1.50 bits per heavy atom. The van der Waals surface area contributed by atoms with Crippen LogP contribution in [0.25, 0.3) is 0 Å². The highest BCUT2D eigenvalue weighted by Gasteiger charge is 1.61. The Morgan fingerprint density at radius 1 is 1.25 bits per heavy atom. The fraction of sp³-hybridized carbons (Fsp3) is 1.00. The highest BCUT2D eigenvalue weighted by atomic mass is 35.5. The van der Waals surface area contributed by atoms with Gasteiger partial charge >= 0.3 is 0 Å². The van der Waals surface area contributed by atoms with Gasteiger partial charge in [0.05, 0.1) is 0 Å². The molecule has 0 spiro atoms. The molecule has 0 aliphatic rings. The maximum atomic E-state index is 5.05. The van der Waals surface area contributed by atoms with E-state index in [1.165, 1.54) is 0 Å². The van der Waals surface area contributed by atoms with Crippen molar-refractivity contribution < 1.29 is 4.74 Å². The molecule has 1 nitrogen and oxygen atoms in total. The van der Waals surface area contributed by atoms with Crippen LogP contribution in [0.5, 0.6) is 0 Å². The van der Waals surface area contributed by atoms with Crippen LogP contribution in [0.15, 0.2) is 0 Å². The van der Waals surface area contributed by atoms with Crippen LogP contribution in [0.2, 0.25) is 0 Å². The first-order chi connectivity index (χ1) is 3.83. The molecule has 0 aromatic carbocycles. The van der Waals surface area contributed by atoms with Gasteiger partial charge in [-0.1, -0.05) is 0 Å². The number of rotatable bonds is 2. The summed E-state index contributed by atoms with van der Waals surface area (Å²) in [6.45, 7) is 2.78. The lowest BCUT2D eigenvalue weighted by Gasteiger charge is -1.76. The summed E-state index contributed by atoms with van der Waals surface area (Å²) < 4.78 is 4.54. The van der Waals surface area contributed by atoms with E-state index in [4.69, 9.17) is 23.2 Å². The minimum absolute atomic E-state index is 0.557. The van der Waals surface area contributed by atoms with Crippen molar-refractivity contribution in [3.05, 3.63) is 0 Å². The molecule has 0 saturated carbocycles. The highest BCUT2D eigenvalue weighted by molar-refractivity contribution is 6.25. The summed E-state index contributed by atoms with van der Waals surface area (Å²) >= 11 is 10.1. The monoisotopic (exact) mass is 158 g/mol. The van der Waals surface area contributed by atoms with Crippen LogP contribution in [0.1, 0.15) is 6.92 Å². The summed E-state index contributed by atoms with van der Waals surface area (Å²) in [5, 5.41) is 0. The molecule has 0 aromatic rings. The third kappa shape index (κ3) is 31.1. The zero-order valence-electron chi connectivity index (χ0n) is 5.29. The van der Waals surface area contributed by atoms with Crippen molar-refractivity contribution >= 4 is 23.2 Å². The summed E-state index contributed by atoms with van der Waals surface area (Å²) in [5.74, 6) is 1.11. The van der Waals surface area contributed by atoms with Crippen molar-refractivity contribution in [3.8, 4) is 0 Å². The first-order valence-electron chi connectivity index (χ1n) is 2.44. The van der Waals surface area contributed by atoms with Gasteiger partial charge in [-0.2, -0.15) is 0 Å². The molecule has 0 aromatic heterocycles. The minimum Gasteiger partial charge on any atom is -0.385 e. The van der Waals surface area contributed by atoms with E-state index < -0.39 is 0 Å². The molecule has 8 heavy (non-hydrogen) atoms. The third-order valence-corrected chi connectivity index (χ3v) is 0.932.